The fourth-order valence-corrected chi connectivity index (χ4v) is 2.75. The Kier molecular flexibility index (Phi) is 11.4. The Labute approximate surface area is 251 Å². The fourth-order valence-electron chi connectivity index (χ4n) is 2.75. The van der Waals surface area contributed by atoms with Crippen molar-refractivity contribution in [2.75, 3.05) is 13.1 Å². The molecule has 0 fully saturated rings. The summed E-state index contributed by atoms with van der Waals surface area (Å²) in [6.45, 7) is -3.49. The zero-order chi connectivity index (χ0) is 40.5. The number of halogens is 26. The van der Waals surface area contributed by atoms with Gasteiger partial charge in [-0.25, -0.2) is 0 Å². The van der Waals surface area contributed by atoms with E-state index in [0.29, 0.717) is 10.6 Å². The van der Waals surface area contributed by atoms with Gasteiger partial charge in [-0.1, -0.05) is 13.8 Å². The van der Waals surface area contributed by atoms with E-state index in [4.69, 9.17) is 0 Å². The molecule has 30 heteroatoms. The lowest BCUT2D eigenvalue weighted by Crippen LogP contribution is -2.72. The van der Waals surface area contributed by atoms with Crippen LogP contribution >= 0.6 is 0 Å². The third kappa shape index (κ3) is 6.79. The van der Waals surface area contributed by atoms with Gasteiger partial charge in [-0.2, -0.15) is 114 Å². The lowest BCUT2D eigenvalue weighted by Gasteiger charge is -2.39. The number of carbonyl (C=O) groups excluding carboxylic acids is 2. The zero-order valence-electron chi connectivity index (χ0n) is 22.6. The largest absolute Gasteiger partial charge is 0.460 e. The van der Waals surface area contributed by atoms with Crippen molar-refractivity contribution in [1.82, 2.24) is 10.6 Å². The molecule has 0 radical (unpaired) electrons. The lowest BCUT2D eigenvalue weighted by molar-refractivity contribution is -0.436. The summed E-state index contributed by atoms with van der Waals surface area (Å²) in [6.07, 6.45) is -15.6. The maximum Gasteiger partial charge on any atom is 0.460 e. The van der Waals surface area contributed by atoms with Gasteiger partial charge in [-0.05, 0) is 5.41 Å². The van der Waals surface area contributed by atoms with Crippen LogP contribution in [0.1, 0.15) is 13.8 Å². The Morgan fingerprint density at radius 2 is 0.531 bits per heavy atom. The molecule has 0 aromatic rings. The lowest BCUT2D eigenvalue weighted by atomic mass is 9.91. The van der Waals surface area contributed by atoms with Crippen molar-refractivity contribution in [2.24, 2.45) is 5.41 Å². The minimum absolute atomic E-state index is 0.277. The first-order valence-electron chi connectivity index (χ1n) is 11.2. The molecule has 0 atom stereocenters. The quantitative estimate of drug-likeness (QED) is 0.177. The number of nitrogens with one attached hydrogen (secondary N) is 2. The van der Waals surface area contributed by atoms with Crippen LogP contribution in [0.2, 0.25) is 0 Å². The highest BCUT2D eigenvalue weighted by Crippen LogP contribution is 2.61. The number of hydrogen-bond donors (Lipinski definition) is 2. The normalized spacial score (nSPS) is 16.1. The number of hydrogen-bond acceptors (Lipinski definition) is 2. The van der Waals surface area contributed by atoms with E-state index in [1.54, 1.807) is 0 Å². The molecule has 49 heavy (non-hydrogen) atoms. The number of alkyl halides is 26. The first kappa shape index (κ1) is 46.1. The van der Waals surface area contributed by atoms with Gasteiger partial charge in [-0.15, -0.1) is 0 Å². The van der Waals surface area contributed by atoms with Crippen LogP contribution in [0, 0.1) is 5.41 Å². The average molecular weight is 794 g/mol. The number of amides is 2. The smallest absolute Gasteiger partial charge is 0.350 e. The standard InChI is InChI=1S/C19H12F26N2O2/c1-7(2,3-46-5(48)8(20,21)10(24,25)12(28,29)14(32,33)16(36,37)18(40,41)42)4-47-6(49)9(22,23)11(26,27)13(30,31)15(34,35)17(38,39)19(43,44)45/h3-4H2,1-2H3,(H,46,48)(H,47,49). The molecule has 0 heterocycles. The topological polar surface area (TPSA) is 58.2 Å². The van der Waals surface area contributed by atoms with E-state index in [9.17, 15) is 124 Å². The van der Waals surface area contributed by atoms with E-state index in [1.165, 1.54) is 0 Å². The second-order valence-electron chi connectivity index (χ2n) is 10.3. The molecule has 0 saturated carbocycles. The monoisotopic (exact) mass is 794 g/mol. The molecular formula is C19H12F26N2O2. The molecule has 0 saturated heterocycles. The van der Waals surface area contributed by atoms with E-state index in [-0.39, 0.29) is 13.8 Å². The van der Waals surface area contributed by atoms with E-state index >= 15 is 0 Å². The van der Waals surface area contributed by atoms with E-state index in [1.807, 2.05) is 0 Å². The molecule has 0 bridgehead atoms. The van der Waals surface area contributed by atoms with Crippen LogP contribution in [-0.2, 0) is 9.59 Å². The van der Waals surface area contributed by atoms with Gasteiger partial charge in [0, 0.05) is 13.1 Å². The molecule has 0 rings (SSSR count). The van der Waals surface area contributed by atoms with Crippen LogP contribution in [0.5, 0.6) is 0 Å². The zero-order valence-corrected chi connectivity index (χ0v) is 22.6. The van der Waals surface area contributed by atoms with Crippen LogP contribution in [0.4, 0.5) is 114 Å². The predicted molar refractivity (Wildman–Crippen MR) is 101 cm³/mol. The Balaban J connectivity index is 6.14. The second kappa shape index (κ2) is 12.1. The molecule has 0 aliphatic carbocycles. The van der Waals surface area contributed by atoms with Crippen molar-refractivity contribution in [2.45, 2.75) is 85.4 Å². The summed E-state index contributed by atoms with van der Waals surface area (Å²) in [5.41, 5.74) is -2.70. The first-order valence-corrected chi connectivity index (χ1v) is 11.2. The highest BCUT2D eigenvalue weighted by Gasteiger charge is 2.93. The minimum atomic E-state index is -8.46. The Bertz CT molecular complexity index is 1140. The van der Waals surface area contributed by atoms with E-state index in [2.05, 4.69) is 0 Å². The van der Waals surface area contributed by atoms with E-state index in [0.717, 1.165) is 0 Å². The maximum atomic E-state index is 13.8. The number of carbonyl (C=O) groups is 2. The molecule has 0 spiro atoms. The van der Waals surface area contributed by atoms with Crippen molar-refractivity contribution < 1.29 is 124 Å². The Hall–Kier alpha value is -2.88. The average Bonchev–Trinajstić information content (AvgIpc) is 2.87. The summed E-state index contributed by atoms with van der Waals surface area (Å²) in [5.74, 6) is -89.3. The molecule has 0 aliphatic rings. The summed E-state index contributed by atoms with van der Waals surface area (Å²) in [7, 11) is 0. The molecular weight excluding hydrogens is 782 g/mol. The second-order valence-corrected chi connectivity index (χ2v) is 10.3. The first-order chi connectivity index (χ1) is 20.8. The highest BCUT2D eigenvalue weighted by molar-refractivity contribution is 5.85. The van der Waals surface area contributed by atoms with Crippen molar-refractivity contribution in [3.05, 3.63) is 0 Å². The molecule has 292 valence electrons. The summed E-state index contributed by atoms with van der Waals surface area (Å²) < 4.78 is 341. The van der Waals surface area contributed by atoms with Gasteiger partial charge in [0.1, 0.15) is 0 Å². The van der Waals surface area contributed by atoms with Gasteiger partial charge in [-0.3, -0.25) is 9.59 Å². The van der Waals surface area contributed by atoms with Crippen LogP contribution in [0.15, 0.2) is 0 Å². The van der Waals surface area contributed by atoms with Gasteiger partial charge in [0.15, 0.2) is 0 Å². The van der Waals surface area contributed by atoms with Gasteiger partial charge in [0.05, 0.1) is 0 Å². The Morgan fingerprint density at radius 3 is 0.714 bits per heavy atom. The van der Waals surface area contributed by atoms with Crippen molar-refractivity contribution in [3.63, 3.8) is 0 Å². The van der Waals surface area contributed by atoms with Gasteiger partial charge >= 0.3 is 71.6 Å². The predicted octanol–water partition coefficient (Wildman–Crippen LogP) is 7.72. The van der Waals surface area contributed by atoms with Gasteiger partial charge in [0.25, 0.3) is 11.8 Å². The molecule has 0 aliphatic heterocycles. The van der Waals surface area contributed by atoms with Crippen LogP contribution in [0.25, 0.3) is 0 Å². The maximum absolute atomic E-state index is 13.8. The fraction of sp³-hybridized carbons (Fsp3) is 0.895. The number of rotatable bonds is 14. The van der Waals surface area contributed by atoms with Crippen LogP contribution in [-0.4, -0.2) is 96.5 Å². The van der Waals surface area contributed by atoms with Gasteiger partial charge in [0.2, 0.25) is 0 Å². The molecule has 2 N–H and O–H groups in total. The highest BCUT2D eigenvalue weighted by atomic mass is 19.4. The molecule has 0 aromatic heterocycles. The molecule has 2 amide bonds. The third-order valence-corrected chi connectivity index (χ3v) is 5.89. The molecule has 0 unspecified atom stereocenters. The summed E-state index contributed by atoms with van der Waals surface area (Å²) >= 11 is 0. The molecule has 4 nitrogen and oxygen atoms in total. The Morgan fingerprint density at radius 1 is 0.347 bits per heavy atom. The minimum Gasteiger partial charge on any atom is -0.350 e. The van der Waals surface area contributed by atoms with Crippen molar-refractivity contribution >= 4 is 11.8 Å². The molecule has 0 aromatic carbocycles. The van der Waals surface area contributed by atoms with Crippen molar-refractivity contribution in [3.8, 4) is 0 Å². The summed E-state index contributed by atoms with van der Waals surface area (Å²) in [5, 5.41) is 0.753. The SMILES string of the molecule is CC(C)(CNC(=O)C(F)(F)C(F)(F)C(F)(F)C(F)(F)C(F)(F)C(F)(F)F)CNC(=O)C(F)(F)C(F)(F)C(F)(F)C(F)(F)C(F)(F)C(F)(F)F. The van der Waals surface area contributed by atoms with E-state index < -0.39 is 102 Å². The third-order valence-electron chi connectivity index (χ3n) is 5.89. The summed E-state index contributed by atoms with van der Waals surface area (Å²) in [6, 6.07) is 0. The van der Waals surface area contributed by atoms with Crippen LogP contribution < -0.4 is 10.6 Å². The van der Waals surface area contributed by atoms with Crippen molar-refractivity contribution in [1.29, 1.82) is 0 Å². The van der Waals surface area contributed by atoms with Crippen LogP contribution in [0.3, 0.4) is 0 Å². The van der Waals surface area contributed by atoms with Gasteiger partial charge < -0.3 is 10.6 Å². The summed E-state index contributed by atoms with van der Waals surface area (Å²) in [4.78, 5) is 22.9.